The molecule has 0 heterocycles. The standard InChI is InChI=1S/C10H23O4P.Fe/c1-3-5-7-9-13-15(11,12)14-10-8-6-4-2;/h3-10H2,1-2H3,(H,11,12);/q;+2/p-1. The largest absolute Gasteiger partial charge is 2.00 e. The van der Waals surface area contributed by atoms with Crippen LogP contribution in [0.3, 0.4) is 0 Å². The summed E-state index contributed by atoms with van der Waals surface area (Å²) in [6.45, 7) is 4.58. The normalized spacial score (nSPS) is 11.2. The molecule has 0 fully saturated rings. The van der Waals surface area contributed by atoms with Crippen molar-refractivity contribution in [2.24, 2.45) is 0 Å². The second kappa shape index (κ2) is 12.1. The summed E-state index contributed by atoms with van der Waals surface area (Å²) in [6.07, 6.45) is 5.58. The van der Waals surface area contributed by atoms with Gasteiger partial charge in [0.15, 0.2) is 0 Å². The van der Waals surface area contributed by atoms with Crippen LogP contribution in [0.2, 0.25) is 0 Å². The van der Waals surface area contributed by atoms with Crippen molar-refractivity contribution in [3.8, 4) is 0 Å². The first-order valence-corrected chi connectivity index (χ1v) is 7.18. The van der Waals surface area contributed by atoms with E-state index in [-0.39, 0.29) is 30.3 Å². The minimum atomic E-state index is -4.02. The van der Waals surface area contributed by atoms with Crippen molar-refractivity contribution in [1.29, 1.82) is 0 Å². The molecule has 0 amide bonds. The molecular weight excluding hydrogens is 271 g/mol. The van der Waals surface area contributed by atoms with Gasteiger partial charge in [-0.05, 0) is 12.8 Å². The zero-order chi connectivity index (χ0) is 11.6. The molecule has 0 aliphatic heterocycles. The number of phosphoric acid groups is 1. The second-order valence-corrected chi connectivity index (χ2v) is 4.94. The average Bonchev–Trinajstić information content (AvgIpc) is 2.20. The molecule has 0 rings (SSSR count). The molecule has 0 aromatic carbocycles. The van der Waals surface area contributed by atoms with Crippen LogP contribution in [-0.4, -0.2) is 13.2 Å². The summed E-state index contributed by atoms with van der Waals surface area (Å²) < 4.78 is 20.5. The maximum absolute atomic E-state index is 11.1. The second-order valence-electron chi connectivity index (χ2n) is 3.53. The van der Waals surface area contributed by atoms with Crippen molar-refractivity contribution in [3.63, 3.8) is 0 Å². The molecule has 0 aliphatic carbocycles. The molecular formula is C10H22FeO4P+. The number of unbranched alkanes of at least 4 members (excludes halogenated alkanes) is 4. The van der Waals surface area contributed by atoms with E-state index in [1.807, 2.05) is 0 Å². The molecule has 4 nitrogen and oxygen atoms in total. The molecule has 0 N–H and O–H groups in total. The van der Waals surface area contributed by atoms with E-state index in [0.717, 1.165) is 38.5 Å². The smallest absolute Gasteiger partial charge is 0.756 e. The third-order valence-electron chi connectivity index (χ3n) is 1.99. The molecule has 0 saturated heterocycles. The van der Waals surface area contributed by atoms with E-state index in [2.05, 4.69) is 22.9 Å². The quantitative estimate of drug-likeness (QED) is 0.353. The van der Waals surface area contributed by atoms with Crippen molar-refractivity contribution in [2.75, 3.05) is 13.2 Å². The molecule has 0 saturated carbocycles. The Hall–Kier alpha value is 0.629. The molecule has 0 atom stereocenters. The van der Waals surface area contributed by atoms with Gasteiger partial charge in [0.25, 0.3) is 7.82 Å². The first kappa shape index (κ1) is 19.0. The fourth-order valence-corrected chi connectivity index (χ4v) is 1.87. The average molecular weight is 293 g/mol. The Morgan fingerprint density at radius 3 is 1.62 bits per heavy atom. The topological polar surface area (TPSA) is 58.6 Å². The Morgan fingerprint density at radius 1 is 0.938 bits per heavy atom. The van der Waals surface area contributed by atoms with Crippen molar-refractivity contribution in [2.45, 2.75) is 52.4 Å². The fourth-order valence-electron chi connectivity index (χ4n) is 1.09. The monoisotopic (exact) mass is 293 g/mol. The van der Waals surface area contributed by atoms with Crippen molar-refractivity contribution in [3.05, 3.63) is 0 Å². The summed E-state index contributed by atoms with van der Waals surface area (Å²) in [6, 6.07) is 0. The van der Waals surface area contributed by atoms with Gasteiger partial charge < -0.3 is 13.9 Å². The molecule has 0 aromatic rings. The van der Waals surface area contributed by atoms with Gasteiger partial charge >= 0.3 is 17.1 Å². The molecule has 0 unspecified atom stereocenters. The molecule has 0 spiro atoms. The van der Waals surface area contributed by atoms with E-state index in [1.54, 1.807) is 0 Å². The van der Waals surface area contributed by atoms with E-state index >= 15 is 0 Å². The summed E-state index contributed by atoms with van der Waals surface area (Å²) in [7, 11) is -4.02. The zero-order valence-corrected chi connectivity index (χ0v) is 12.1. The maximum atomic E-state index is 11.1. The van der Waals surface area contributed by atoms with Crippen molar-refractivity contribution >= 4 is 7.82 Å². The van der Waals surface area contributed by atoms with Crippen LogP contribution in [-0.2, 0) is 30.7 Å². The third-order valence-corrected chi connectivity index (χ3v) is 2.99. The minimum Gasteiger partial charge on any atom is -0.756 e. The number of hydrogen-bond acceptors (Lipinski definition) is 4. The van der Waals surface area contributed by atoms with Crippen LogP contribution in [0.1, 0.15) is 52.4 Å². The Kier molecular flexibility index (Phi) is 14.3. The maximum Gasteiger partial charge on any atom is 2.00 e. The summed E-state index contributed by atoms with van der Waals surface area (Å²) in [5.74, 6) is 0. The number of hydrogen-bond donors (Lipinski definition) is 0. The van der Waals surface area contributed by atoms with Crippen LogP contribution in [0.25, 0.3) is 0 Å². The fraction of sp³-hybridized carbons (Fsp3) is 1.00. The summed E-state index contributed by atoms with van der Waals surface area (Å²) >= 11 is 0. The van der Waals surface area contributed by atoms with E-state index in [4.69, 9.17) is 0 Å². The van der Waals surface area contributed by atoms with Gasteiger partial charge in [0.05, 0.1) is 13.2 Å². The molecule has 0 aliphatic rings. The third kappa shape index (κ3) is 12.7. The van der Waals surface area contributed by atoms with Crippen LogP contribution in [0, 0.1) is 0 Å². The van der Waals surface area contributed by atoms with Crippen LogP contribution in [0.15, 0.2) is 0 Å². The van der Waals surface area contributed by atoms with E-state index < -0.39 is 7.82 Å². The molecule has 0 bridgehead atoms. The van der Waals surface area contributed by atoms with E-state index in [1.165, 1.54) is 0 Å². The molecule has 16 heavy (non-hydrogen) atoms. The summed E-state index contributed by atoms with van der Waals surface area (Å²) in [5.41, 5.74) is 0. The number of rotatable bonds is 10. The Bertz CT molecular complexity index is 174. The first-order valence-electron chi connectivity index (χ1n) is 5.72. The molecule has 0 radical (unpaired) electrons. The van der Waals surface area contributed by atoms with Gasteiger partial charge in [-0.2, -0.15) is 0 Å². The van der Waals surface area contributed by atoms with Crippen LogP contribution < -0.4 is 4.89 Å². The van der Waals surface area contributed by atoms with Gasteiger partial charge in [0.2, 0.25) is 0 Å². The van der Waals surface area contributed by atoms with E-state index in [9.17, 15) is 9.46 Å². The Morgan fingerprint density at radius 2 is 1.31 bits per heavy atom. The van der Waals surface area contributed by atoms with Crippen molar-refractivity contribution in [1.82, 2.24) is 0 Å². The summed E-state index contributed by atoms with van der Waals surface area (Å²) in [5, 5.41) is 0. The molecule has 6 heteroatoms. The zero-order valence-electron chi connectivity index (χ0n) is 10.1. The predicted molar refractivity (Wildman–Crippen MR) is 58.6 cm³/mol. The van der Waals surface area contributed by atoms with Crippen LogP contribution in [0.4, 0.5) is 0 Å². The van der Waals surface area contributed by atoms with Gasteiger partial charge in [0.1, 0.15) is 0 Å². The van der Waals surface area contributed by atoms with Gasteiger partial charge in [-0.15, -0.1) is 0 Å². The first-order chi connectivity index (χ1) is 7.12. The van der Waals surface area contributed by atoms with Gasteiger partial charge in [-0.25, -0.2) is 0 Å². The SMILES string of the molecule is CCCCCOP(=O)([O-])OCCCCC.[Fe+2]. The molecule has 0 aromatic heterocycles. The van der Waals surface area contributed by atoms with Crippen LogP contribution in [0.5, 0.6) is 0 Å². The minimum absolute atomic E-state index is 0. The van der Waals surface area contributed by atoms with Crippen molar-refractivity contribution < 1.29 is 35.6 Å². The van der Waals surface area contributed by atoms with Gasteiger partial charge in [-0.3, -0.25) is 4.57 Å². The van der Waals surface area contributed by atoms with E-state index in [0.29, 0.717) is 0 Å². The van der Waals surface area contributed by atoms with Gasteiger partial charge in [0, 0.05) is 0 Å². The summed E-state index contributed by atoms with van der Waals surface area (Å²) in [4.78, 5) is 11.1. The van der Waals surface area contributed by atoms with Gasteiger partial charge in [-0.1, -0.05) is 39.5 Å². The molecule has 98 valence electrons. The Balaban J connectivity index is 0. The Labute approximate surface area is 109 Å². The van der Waals surface area contributed by atoms with Crippen LogP contribution >= 0.6 is 7.82 Å². The number of phosphoric ester groups is 1. The predicted octanol–water partition coefficient (Wildman–Crippen LogP) is 2.87.